The minimum atomic E-state index is -1.46. The van der Waals surface area contributed by atoms with Gasteiger partial charge in [-0.05, 0) is 24.3 Å². The van der Waals surface area contributed by atoms with E-state index < -0.39 is 46.7 Å². The van der Waals surface area contributed by atoms with Gasteiger partial charge in [0.1, 0.15) is 22.8 Å². The van der Waals surface area contributed by atoms with Crippen molar-refractivity contribution in [3.05, 3.63) is 58.2 Å². The molecule has 0 saturated heterocycles. The zero-order chi connectivity index (χ0) is 19.4. The molecule has 2 rings (SSSR count). The predicted molar refractivity (Wildman–Crippen MR) is 82.3 cm³/mol. The third kappa shape index (κ3) is 4.18. The van der Waals surface area contributed by atoms with Crippen LogP contribution in [0.1, 0.15) is 53.1 Å². The number of nitrogens with zero attached hydrogens (tertiary/aromatic N) is 2. The molecule has 0 spiro atoms. The molecule has 10 heteroatoms. The van der Waals surface area contributed by atoms with Crippen LogP contribution < -0.4 is 0 Å². The first-order valence-corrected chi connectivity index (χ1v) is 6.66. The van der Waals surface area contributed by atoms with Crippen molar-refractivity contribution in [2.24, 2.45) is 0 Å². The zero-order valence-corrected chi connectivity index (χ0v) is 12.6. The summed E-state index contributed by atoms with van der Waals surface area (Å²) < 4.78 is 0. The lowest BCUT2D eigenvalue weighted by molar-refractivity contribution is 0.0663. The number of aromatic carboxylic acids is 4. The van der Waals surface area contributed by atoms with Crippen LogP contribution in [0.15, 0.2) is 24.3 Å². The molecular weight excluding hydrogens is 348 g/mol. The van der Waals surface area contributed by atoms with Crippen LogP contribution in [0.5, 0.6) is 0 Å². The van der Waals surface area contributed by atoms with Crippen LogP contribution in [0.25, 0.3) is 0 Å². The second-order valence-corrected chi connectivity index (χ2v) is 4.72. The average Bonchev–Trinajstić information content (AvgIpc) is 2.59. The number of hydrogen-bond donors (Lipinski definition) is 4. The summed E-state index contributed by atoms with van der Waals surface area (Å²) in [4.78, 5) is 50.9. The third-order valence-corrected chi connectivity index (χ3v) is 2.88. The summed E-state index contributed by atoms with van der Waals surface area (Å²) in [5, 5.41) is 35.8. The molecule has 130 valence electrons. The summed E-state index contributed by atoms with van der Waals surface area (Å²) in [6.07, 6.45) is 0. The normalized spacial score (nSPS) is 9.69. The van der Waals surface area contributed by atoms with Gasteiger partial charge in [-0.25, -0.2) is 29.1 Å². The highest BCUT2D eigenvalue weighted by Gasteiger charge is 2.14. The largest absolute Gasteiger partial charge is 0.477 e. The predicted octanol–water partition coefficient (Wildman–Crippen LogP) is 0.669. The molecule has 0 aliphatic carbocycles. The highest BCUT2D eigenvalue weighted by molar-refractivity contribution is 5.91. The van der Waals surface area contributed by atoms with Gasteiger partial charge in [0.25, 0.3) is 0 Å². The fraction of sp³-hybridized carbons (Fsp3) is 0. The van der Waals surface area contributed by atoms with Crippen molar-refractivity contribution < 1.29 is 39.6 Å². The van der Waals surface area contributed by atoms with Gasteiger partial charge in [0.05, 0.1) is 0 Å². The molecule has 0 unspecified atom stereocenters. The van der Waals surface area contributed by atoms with Crippen molar-refractivity contribution in [3.63, 3.8) is 0 Å². The average molecular weight is 356 g/mol. The smallest absolute Gasteiger partial charge is 0.354 e. The van der Waals surface area contributed by atoms with Crippen molar-refractivity contribution in [3.8, 4) is 11.8 Å². The SMILES string of the molecule is O=C(O)c1cc(C#Cc2cc(C(=O)O)nc(C(=O)O)c2)cc(C(=O)O)n1. The van der Waals surface area contributed by atoms with Gasteiger partial charge in [-0.15, -0.1) is 0 Å². The van der Waals surface area contributed by atoms with Gasteiger partial charge < -0.3 is 20.4 Å². The molecule has 2 aromatic rings. The minimum Gasteiger partial charge on any atom is -0.477 e. The standard InChI is InChI=1S/C16H8N2O8/c19-13(20)9-3-7(4-10(17-9)14(21)22)1-2-8-5-11(15(23)24)18-12(6-8)16(25)26/h3-6H,(H,19,20)(H,21,22)(H,23,24)(H,25,26). The summed E-state index contributed by atoms with van der Waals surface area (Å²) in [5.41, 5.74) is -2.19. The van der Waals surface area contributed by atoms with Crippen LogP contribution in [0, 0.1) is 11.8 Å². The van der Waals surface area contributed by atoms with E-state index in [0.29, 0.717) is 0 Å². The van der Waals surface area contributed by atoms with E-state index in [0.717, 1.165) is 24.3 Å². The van der Waals surface area contributed by atoms with Gasteiger partial charge in [-0.1, -0.05) is 11.8 Å². The number of aromatic nitrogens is 2. The molecular formula is C16H8N2O8. The molecule has 0 atom stereocenters. The number of carboxylic acid groups (broad SMARTS) is 4. The molecule has 0 aliphatic heterocycles. The lowest BCUT2D eigenvalue weighted by Gasteiger charge is -2.00. The van der Waals surface area contributed by atoms with Crippen LogP contribution in [0.3, 0.4) is 0 Å². The Morgan fingerprint density at radius 2 is 0.808 bits per heavy atom. The van der Waals surface area contributed by atoms with Crippen LogP contribution in [0.4, 0.5) is 0 Å². The maximum absolute atomic E-state index is 11.0. The van der Waals surface area contributed by atoms with Crippen molar-refractivity contribution in [1.29, 1.82) is 0 Å². The van der Waals surface area contributed by atoms with Gasteiger partial charge >= 0.3 is 23.9 Å². The molecule has 0 saturated carbocycles. The molecule has 0 radical (unpaired) electrons. The molecule has 2 heterocycles. The molecule has 0 aliphatic rings. The first kappa shape index (κ1) is 18.1. The first-order chi connectivity index (χ1) is 12.2. The van der Waals surface area contributed by atoms with E-state index in [1.807, 2.05) is 0 Å². The Balaban J connectivity index is 2.55. The summed E-state index contributed by atoms with van der Waals surface area (Å²) in [7, 11) is 0. The lowest BCUT2D eigenvalue weighted by Crippen LogP contribution is -2.08. The quantitative estimate of drug-likeness (QED) is 0.570. The summed E-state index contributed by atoms with van der Waals surface area (Å²) in [5.74, 6) is -0.921. The van der Waals surface area contributed by atoms with Gasteiger partial charge in [0, 0.05) is 11.1 Å². The fourth-order valence-corrected chi connectivity index (χ4v) is 1.79. The second-order valence-electron chi connectivity index (χ2n) is 4.72. The Kier molecular flexibility index (Phi) is 4.94. The summed E-state index contributed by atoms with van der Waals surface area (Å²) in [6, 6.07) is 4.11. The van der Waals surface area contributed by atoms with Crippen molar-refractivity contribution in [2.45, 2.75) is 0 Å². The van der Waals surface area contributed by atoms with E-state index >= 15 is 0 Å². The minimum absolute atomic E-state index is 0.0136. The monoisotopic (exact) mass is 356 g/mol. The number of carbonyl (C=O) groups is 4. The number of hydrogen-bond acceptors (Lipinski definition) is 6. The Labute approximate surface area is 144 Å². The van der Waals surface area contributed by atoms with Gasteiger partial charge in [-0.3, -0.25) is 0 Å². The zero-order valence-electron chi connectivity index (χ0n) is 12.6. The van der Waals surface area contributed by atoms with E-state index in [1.54, 1.807) is 0 Å². The van der Waals surface area contributed by atoms with E-state index in [-0.39, 0.29) is 11.1 Å². The topological polar surface area (TPSA) is 175 Å². The second kappa shape index (κ2) is 7.10. The van der Waals surface area contributed by atoms with E-state index in [2.05, 4.69) is 21.8 Å². The van der Waals surface area contributed by atoms with E-state index in [1.165, 1.54) is 0 Å². The summed E-state index contributed by atoms with van der Waals surface area (Å²) >= 11 is 0. The Hall–Kier alpha value is -4.26. The Morgan fingerprint density at radius 3 is 1.00 bits per heavy atom. The Morgan fingerprint density at radius 1 is 0.577 bits per heavy atom. The van der Waals surface area contributed by atoms with Crippen molar-refractivity contribution >= 4 is 23.9 Å². The molecule has 26 heavy (non-hydrogen) atoms. The van der Waals surface area contributed by atoms with Gasteiger partial charge in [-0.2, -0.15) is 0 Å². The van der Waals surface area contributed by atoms with Crippen molar-refractivity contribution in [1.82, 2.24) is 9.97 Å². The van der Waals surface area contributed by atoms with Crippen LogP contribution in [-0.2, 0) is 0 Å². The van der Waals surface area contributed by atoms with Crippen LogP contribution >= 0.6 is 0 Å². The molecule has 0 bridgehead atoms. The highest BCUT2D eigenvalue weighted by atomic mass is 16.4. The van der Waals surface area contributed by atoms with Crippen molar-refractivity contribution in [2.75, 3.05) is 0 Å². The molecule has 10 nitrogen and oxygen atoms in total. The Bertz CT molecular complexity index is 873. The molecule has 0 aromatic carbocycles. The molecule has 0 fully saturated rings. The van der Waals surface area contributed by atoms with Crippen LogP contribution in [-0.4, -0.2) is 54.3 Å². The third-order valence-electron chi connectivity index (χ3n) is 2.88. The van der Waals surface area contributed by atoms with E-state index in [4.69, 9.17) is 20.4 Å². The lowest BCUT2D eigenvalue weighted by atomic mass is 10.1. The first-order valence-electron chi connectivity index (χ1n) is 6.66. The van der Waals surface area contributed by atoms with Gasteiger partial charge in [0.15, 0.2) is 0 Å². The number of rotatable bonds is 4. The van der Waals surface area contributed by atoms with Crippen LogP contribution in [0.2, 0.25) is 0 Å². The summed E-state index contributed by atoms with van der Waals surface area (Å²) in [6.45, 7) is 0. The molecule has 4 N–H and O–H groups in total. The van der Waals surface area contributed by atoms with Gasteiger partial charge in [0.2, 0.25) is 0 Å². The number of carboxylic acids is 4. The molecule has 2 aromatic heterocycles. The van der Waals surface area contributed by atoms with E-state index in [9.17, 15) is 19.2 Å². The fourth-order valence-electron chi connectivity index (χ4n) is 1.79. The number of pyridine rings is 2. The maximum atomic E-state index is 11.0. The maximum Gasteiger partial charge on any atom is 0.354 e. The molecule has 0 amide bonds. The highest BCUT2D eigenvalue weighted by Crippen LogP contribution is 2.09.